The number of para-hydroxylation sites is 2. The lowest BCUT2D eigenvalue weighted by molar-refractivity contribution is -0.140. The molecule has 2 aliphatic rings. The van der Waals surface area contributed by atoms with Gasteiger partial charge >= 0.3 is 6.03 Å². The quantitative estimate of drug-likeness (QED) is 0.681. The minimum atomic E-state index is -2.64. The zero-order chi connectivity index (χ0) is 22.2. The Balaban J connectivity index is 1.76. The molecule has 1 saturated heterocycles. The first-order valence-corrected chi connectivity index (χ1v) is 10.3. The number of likely N-dealkylation sites (tertiary alicyclic amines) is 1. The average molecular weight is 430 g/mol. The molecule has 2 heterocycles. The molecule has 7 nitrogen and oxygen atoms in total. The van der Waals surface area contributed by atoms with E-state index in [1.165, 1.54) is 12.1 Å². The predicted octanol–water partition coefficient (Wildman–Crippen LogP) is 2.76. The number of aliphatic hydroxyl groups is 1. The highest BCUT2D eigenvalue weighted by Crippen LogP contribution is 2.41. The SMILES string of the molecule is CCN1CCC[C@@H]1CNC(=O)[C@]1(O)c2ccccc2NC(=O)N1c1c(F)cccc1F. The zero-order valence-corrected chi connectivity index (χ0v) is 17.1. The fourth-order valence-corrected chi connectivity index (χ4v) is 4.40. The monoisotopic (exact) mass is 430 g/mol. The van der Waals surface area contributed by atoms with E-state index in [0.717, 1.165) is 44.1 Å². The number of nitrogens with zero attached hydrogens (tertiary/aromatic N) is 2. The van der Waals surface area contributed by atoms with Crippen LogP contribution in [0.1, 0.15) is 25.3 Å². The van der Waals surface area contributed by atoms with Crippen LogP contribution < -0.4 is 15.5 Å². The maximum absolute atomic E-state index is 14.6. The highest BCUT2D eigenvalue weighted by Gasteiger charge is 2.53. The molecule has 4 rings (SSSR count). The number of halogens is 2. The summed E-state index contributed by atoms with van der Waals surface area (Å²) in [6, 6.07) is 8.27. The van der Waals surface area contributed by atoms with Crippen molar-refractivity contribution in [1.82, 2.24) is 10.2 Å². The lowest BCUT2D eigenvalue weighted by Crippen LogP contribution is -2.63. The number of rotatable bonds is 5. The van der Waals surface area contributed by atoms with Gasteiger partial charge in [0.05, 0.1) is 5.69 Å². The van der Waals surface area contributed by atoms with E-state index in [1.54, 1.807) is 12.1 Å². The van der Waals surface area contributed by atoms with Crippen molar-refractivity contribution in [2.75, 3.05) is 29.9 Å². The van der Waals surface area contributed by atoms with Crippen LogP contribution in [0.15, 0.2) is 42.5 Å². The first-order valence-electron chi connectivity index (χ1n) is 10.3. The van der Waals surface area contributed by atoms with E-state index in [-0.39, 0.29) is 23.8 Å². The standard InChI is InChI=1S/C22H24F2N4O3/c1-2-27-12-6-7-14(27)13-25-20(29)22(31)15-8-3-4-11-18(15)26-21(30)28(22)19-16(23)9-5-10-17(19)24/h3-5,8-11,14,31H,2,6-7,12-13H2,1H3,(H,25,29)(H,26,30)/t14-,22-/m1/s1. The van der Waals surface area contributed by atoms with Crippen molar-refractivity contribution < 1.29 is 23.5 Å². The third kappa shape index (κ3) is 3.53. The van der Waals surface area contributed by atoms with E-state index >= 15 is 0 Å². The van der Waals surface area contributed by atoms with Gasteiger partial charge < -0.3 is 15.7 Å². The smallest absolute Gasteiger partial charge is 0.329 e. The highest BCUT2D eigenvalue weighted by molar-refractivity contribution is 6.12. The topological polar surface area (TPSA) is 84.9 Å². The molecular weight excluding hydrogens is 406 g/mol. The summed E-state index contributed by atoms with van der Waals surface area (Å²) in [6.45, 7) is 4.01. The molecule has 31 heavy (non-hydrogen) atoms. The minimum Gasteiger partial charge on any atom is -0.359 e. The number of hydrogen-bond donors (Lipinski definition) is 3. The second kappa shape index (κ2) is 8.24. The van der Waals surface area contributed by atoms with Crippen molar-refractivity contribution in [3.05, 3.63) is 59.7 Å². The van der Waals surface area contributed by atoms with Gasteiger partial charge in [-0.3, -0.25) is 9.69 Å². The van der Waals surface area contributed by atoms with Gasteiger partial charge in [0.1, 0.15) is 17.3 Å². The van der Waals surface area contributed by atoms with Gasteiger partial charge in [0.15, 0.2) is 0 Å². The first kappa shape index (κ1) is 21.2. The van der Waals surface area contributed by atoms with Gasteiger partial charge in [-0.2, -0.15) is 0 Å². The van der Waals surface area contributed by atoms with Gasteiger partial charge in [0.25, 0.3) is 11.6 Å². The number of amides is 3. The largest absolute Gasteiger partial charge is 0.359 e. The molecule has 0 bridgehead atoms. The number of carbonyl (C=O) groups excluding carboxylic acids is 2. The number of likely N-dealkylation sites (N-methyl/N-ethyl adjacent to an activating group) is 1. The molecule has 164 valence electrons. The zero-order valence-electron chi connectivity index (χ0n) is 17.1. The lowest BCUT2D eigenvalue weighted by atomic mass is 9.94. The minimum absolute atomic E-state index is 0.0218. The summed E-state index contributed by atoms with van der Waals surface area (Å²) in [7, 11) is 0. The van der Waals surface area contributed by atoms with E-state index in [4.69, 9.17) is 0 Å². The summed E-state index contributed by atoms with van der Waals surface area (Å²) in [5.74, 6) is -3.08. The Kier molecular flexibility index (Phi) is 5.63. The molecule has 2 aromatic rings. The molecule has 3 amide bonds. The number of fused-ring (bicyclic) bond motifs is 1. The number of carbonyl (C=O) groups is 2. The van der Waals surface area contributed by atoms with Crippen molar-refractivity contribution in [3.8, 4) is 0 Å². The van der Waals surface area contributed by atoms with Crippen LogP contribution in [0.5, 0.6) is 0 Å². The second-order valence-corrected chi connectivity index (χ2v) is 7.69. The number of anilines is 2. The normalized spacial score (nSPS) is 23.4. The fraction of sp³-hybridized carbons (Fsp3) is 0.364. The Hall–Kier alpha value is -3.04. The summed E-state index contributed by atoms with van der Waals surface area (Å²) >= 11 is 0. The first-order chi connectivity index (χ1) is 14.9. The van der Waals surface area contributed by atoms with Crippen LogP contribution in [-0.2, 0) is 10.5 Å². The van der Waals surface area contributed by atoms with Gasteiger partial charge in [-0.25, -0.2) is 18.5 Å². The summed E-state index contributed by atoms with van der Waals surface area (Å²) < 4.78 is 29.2. The van der Waals surface area contributed by atoms with E-state index < -0.39 is 35.0 Å². The number of nitrogens with one attached hydrogen (secondary N) is 2. The van der Waals surface area contributed by atoms with Crippen molar-refractivity contribution >= 4 is 23.3 Å². The third-order valence-electron chi connectivity index (χ3n) is 5.95. The lowest BCUT2D eigenvalue weighted by Gasteiger charge is -2.42. The van der Waals surface area contributed by atoms with Crippen LogP contribution in [0.2, 0.25) is 0 Å². The summed E-state index contributed by atoms with van der Waals surface area (Å²) in [6.07, 6.45) is 1.88. The average Bonchev–Trinajstić information content (AvgIpc) is 3.21. The molecule has 9 heteroatoms. The molecule has 2 aliphatic heterocycles. The molecule has 0 aliphatic carbocycles. The molecule has 3 N–H and O–H groups in total. The van der Waals surface area contributed by atoms with Crippen molar-refractivity contribution in [2.24, 2.45) is 0 Å². The molecule has 2 atom stereocenters. The molecule has 1 fully saturated rings. The van der Waals surface area contributed by atoms with Crippen LogP contribution >= 0.6 is 0 Å². The van der Waals surface area contributed by atoms with Gasteiger partial charge in [-0.15, -0.1) is 0 Å². The Morgan fingerprint density at radius 3 is 2.65 bits per heavy atom. The van der Waals surface area contributed by atoms with Crippen LogP contribution in [0.25, 0.3) is 0 Å². The molecular formula is C22H24F2N4O3. The Bertz CT molecular complexity index is 998. The fourth-order valence-electron chi connectivity index (χ4n) is 4.40. The third-order valence-corrected chi connectivity index (χ3v) is 5.95. The van der Waals surface area contributed by atoms with E-state index in [9.17, 15) is 23.5 Å². The van der Waals surface area contributed by atoms with Crippen molar-refractivity contribution in [2.45, 2.75) is 31.5 Å². The van der Waals surface area contributed by atoms with E-state index in [2.05, 4.69) is 15.5 Å². The molecule has 0 aromatic heterocycles. The van der Waals surface area contributed by atoms with Crippen molar-refractivity contribution in [3.63, 3.8) is 0 Å². The predicted molar refractivity (Wildman–Crippen MR) is 111 cm³/mol. The van der Waals surface area contributed by atoms with E-state index in [0.29, 0.717) is 4.90 Å². The molecule has 0 spiro atoms. The Morgan fingerprint density at radius 2 is 1.94 bits per heavy atom. The van der Waals surface area contributed by atoms with Gasteiger partial charge in [-0.05, 0) is 44.1 Å². The summed E-state index contributed by atoms with van der Waals surface area (Å²) in [4.78, 5) is 28.9. The molecule has 2 aromatic carbocycles. The number of hydrogen-bond acceptors (Lipinski definition) is 4. The maximum atomic E-state index is 14.6. The maximum Gasteiger partial charge on any atom is 0.329 e. The summed E-state index contributed by atoms with van der Waals surface area (Å²) in [5, 5.41) is 16.8. The van der Waals surface area contributed by atoms with Crippen molar-refractivity contribution in [1.29, 1.82) is 0 Å². The van der Waals surface area contributed by atoms with Gasteiger partial charge in [0.2, 0.25) is 0 Å². The Labute approximate surface area is 178 Å². The number of urea groups is 1. The molecule has 0 unspecified atom stereocenters. The van der Waals surface area contributed by atoms with E-state index in [1.807, 2.05) is 6.92 Å². The number of benzene rings is 2. The summed E-state index contributed by atoms with van der Waals surface area (Å²) in [5.41, 5.74) is -3.23. The van der Waals surface area contributed by atoms with Crippen LogP contribution in [0, 0.1) is 11.6 Å². The Morgan fingerprint density at radius 1 is 1.23 bits per heavy atom. The van der Waals surface area contributed by atoms with Gasteiger partial charge in [-0.1, -0.05) is 31.2 Å². The second-order valence-electron chi connectivity index (χ2n) is 7.69. The molecule has 0 radical (unpaired) electrons. The van der Waals surface area contributed by atoms with Crippen LogP contribution in [0.4, 0.5) is 25.0 Å². The molecule has 0 saturated carbocycles. The van der Waals surface area contributed by atoms with Crippen LogP contribution in [-0.4, -0.2) is 47.6 Å². The van der Waals surface area contributed by atoms with Crippen LogP contribution in [0.3, 0.4) is 0 Å². The highest BCUT2D eigenvalue weighted by atomic mass is 19.1. The van der Waals surface area contributed by atoms with Gasteiger partial charge in [0, 0.05) is 18.2 Å².